The van der Waals surface area contributed by atoms with E-state index in [1.165, 1.54) is 5.56 Å². The van der Waals surface area contributed by atoms with Crippen molar-refractivity contribution in [2.75, 3.05) is 0 Å². The lowest BCUT2D eigenvalue weighted by atomic mass is 10.1. The van der Waals surface area contributed by atoms with Crippen LogP contribution in [0.4, 0.5) is 0 Å². The summed E-state index contributed by atoms with van der Waals surface area (Å²) in [5.74, 6) is 0. The van der Waals surface area contributed by atoms with Crippen LogP contribution in [0.5, 0.6) is 0 Å². The first-order chi connectivity index (χ1) is 7.16. The molecule has 0 amide bonds. The van der Waals surface area contributed by atoms with Crippen LogP contribution < -0.4 is 0 Å². The molecular weight excluding hydrogens is 252 g/mol. The first kappa shape index (κ1) is 10.3. The smallest absolute Gasteiger partial charge is 0.116 e. The maximum absolute atomic E-state index is 4.27. The predicted octanol–water partition coefficient (Wildman–Crippen LogP) is 3.52. The Labute approximate surface area is 97.5 Å². The van der Waals surface area contributed by atoms with Gasteiger partial charge in [0.1, 0.15) is 6.33 Å². The van der Waals surface area contributed by atoms with Crippen molar-refractivity contribution >= 4 is 15.9 Å². The molecule has 0 aliphatic rings. The van der Waals surface area contributed by atoms with Crippen molar-refractivity contribution in [1.82, 2.24) is 9.97 Å². The molecule has 0 atom stereocenters. The van der Waals surface area contributed by atoms with Crippen molar-refractivity contribution in [2.45, 2.75) is 13.8 Å². The summed E-state index contributed by atoms with van der Waals surface area (Å²) in [6.45, 7) is 4.05. The molecule has 1 heterocycles. The number of benzene rings is 1. The van der Waals surface area contributed by atoms with Crippen LogP contribution in [0.25, 0.3) is 11.3 Å². The molecule has 2 nitrogen and oxygen atoms in total. The summed E-state index contributed by atoms with van der Waals surface area (Å²) >= 11 is 3.45. The van der Waals surface area contributed by atoms with E-state index in [2.05, 4.69) is 45.0 Å². The average Bonchev–Trinajstić information content (AvgIpc) is 2.17. The molecule has 3 heteroatoms. The fourth-order valence-corrected chi connectivity index (χ4v) is 1.99. The van der Waals surface area contributed by atoms with E-state index in [1.807, 2.05) is 19.1 Å². The number of hydrogen-bond donors (Lipinski definition) is 0. The molecule has 1 aromatic carbocycles. The molecule has 2 rings (SSSR count). The molecule has 0 bridgehead atoms. The summed E-state index contributed by atoms with van der Waals surface area (Å²) in [7, 11) is 0. The van der Waals surface area contributed by atoms with Gasteiger partial charge in [-0.15, -0.1) is 0 Å². The van der Waals surface area contributed by atoms with Gasteiger partial charge in [0.15, 0.2) is 0 Å². The Bertz CT molecular complexity index is 495. The minimum absolute atomic E-state index is 0.979. The fourth-order valence-electron chi connectivity index (χ4n) is 1.52. The van der Waals surface area contributed by atoms with Crippen molar-refractivity contribution in [1.29, 1.82) is 0 Å². The third kappa shape index (κ3) is 2.23. The summed E-state index contributed by atoms with van der Waals surface area (Å²) in [4.78, 5) is 8.37. The van der Waals surface area contributed by atoms with Crippen molar-refractivity contribution < 1.29 is 0 Å². The molecule has 0 unspecified atom stereocenters. The Morgan fingerprint density at radius 3 is 2.53 bits per heavy atom. The Kier molecular flexibility index (Phi) is 2.82. The highest BCUT2D eigenvalue weighted by atomic mass is 79.9. The third-order valence-electron chi connectivity index (χ3n) is 2.27. The van der Waals surface area contributed by atoms with Crippen molar-refractivity contribution in [3.8, 4) is 11.3 Å². The summed E-state index contributed by atoms with van der Waals surface area (Å²) in [5, 5.41) is 0. The highest BCUT2D eigenvalue weighted by Gasteiger charge is 2.03. The molecule has 1 aromatic heterocycles. The molecule has 0 aliphatic heterocycles. The van der Waals surface area contributed by atoms with Crippen LogP contribution in [0.3, 0.4) is 0 Å². The van der Waals surface area contributed by atoms with Gasteiger partial charge in [-0.2, -0.15) is 0 Å². The second-order valence-corrected chi connectivity index (χ2v) is 4.42. The largest absolute Gasteiger partial charge is 0.242 e. The van der Waals surface area contributed by atoms with Crippen LogP contribution in [0, 0.1) is 13.8 Å². The van der Waals surface area contributed by atoms with E-state index >= 15 is 0 Å². The second-order valence-electron chi connectivity index (χ2n) is 3.50. The van der Waals surface area contributed by atoms with Crippen LogP contribution in [-0.2, 0) is 0 Å². The van der Waals surface area contributed by atoms with Gasteiger partial charge in [0.2, 0.25) is 0 Å². The zero-order valence-electron chi connectivity index (χ0n) is 8.66. The van der Waals surface area contributed by atoms with E-state index < -0.39 is 0 Å². The van der Waals surface area contributed by atoms with E-state index in [0.29, 0.717) is 0 Å². The first-order valence-corrected chi connectivity index (χ1v) is 5.51. The lowest BCUT2D eigenvalue weighted by Gasteiger charge is -2.05. The Balaban J connectivity index is 2.54. The number of aromatic nitrogens is 2. The molecule has 0 saturated carbocycles. The molecule has 0 fully saturated rings. The molecule has 2 aromatic rings. The second kappa shape index (κ2) is 4.11. The molecule has 76 valence electrons. The van der Waals surface area contributed by atoms with Gasteiger partial charge in [-0.25, -0.2) is 9.97 Å². The summed E-state index contributed by atoms with van der Waals surface area (Å²) < 4.78 is 1.09. The van der Waals surface area contributed by atoms with E-state index in [4.69, 9.17) is 0 Å². The van der Waals surface area contributed by atoms with Gasteiger partial charge in [0, 0.05) is 15.7 Å². The van der Waals surface area contributed by atoms with Gasteiger partial charge in [-0.05, 0) is 37.6 Å². The van der Waals surface area contributed by atoms with Gasteiger partial charge in [0.25, 0.3) is 0 Å². The summed E-state index contributed by atoms with van der Waals surface area (Å²) in [5.41, 5.74) is 4.33. The lowest BCUT2D eigenvalue weighted by Crippen LogP contribution is -1.90. The number of nitrogens with zero attached hydrogens (tertiary/aromatic N) is 2. The quantitative estimate of drug-likeness (QED) is 0.786. The fraction of sp³-hybridized carbons (Fsp3) is 0.167. The molecule has 0 aliphatic carbocycles. The molecule has 0 saturated heterocycles. The normalized spacial score (nSPS) is 10.3. The summed E-state index contributed by atoms with van der Waals surface area (Å²) in [6.07, 6.45) is 1.60. The Morgan fingerprint density at radius 1 is 1.07 bits per heavy atom. The van der Waals surface area contributed by atoms with E-state index in [1.54, 1.807) is 6.33 Å². The predicted molar refractivity (Wildman–Crippen MR) is 64.6 cm³/mol. The zero-order valence-corrected chi connectivity index (χ0v) is 10.2. The number of hydrogen-bond acceptors (Lipinski definition) is 2. The zero-order chi connectivity index (χ0) is 10.8. The highest BCUT2D eigenvalue weighted by molar-refractivity contribution is 9.10. The third-order valence-corrected chi connectivity index (χ3v) is 2.76. The van der Waals surface area contributed by atoms with E-state index in [0.717, 1.165) is 21.4 Å². The minimum atomic E-state index is 0.979. The van der Waals surface area contributed by atoms with E-state index in [-0.39, 0.29) is 0 Å². The Hall–Kier alpha value is -1.22. The van der Waals surface area contributed by atoms with Crippen LogP contribution in [0.1, 0.15) is 11.3 Å². The van der Waals surface area contributed by atoms with Crippen molar-refractivity contribution in [3.63, 3.8) is 0 Å². The van der Waals surface area contributed by atoms with E-state index in [9.17, 15) is 0 Å². The van der Waals surface area contributed by atoms with Crippen LogP contribution in [0.15, 0.2) is 35.1 Å². The molecule has 0 N–H and O–H groups in total. The highest BCUT2D eigenvalue weighted by Crippen LogP contribution is 2.24. The first-order valence-electron chi connectivity index (χ1n) is 4.72. The maximum Gasteiger partial charge on any atom is 0.116 e. The Morgan fingerprint density at radius 2 is 1.87 bits per heavy atom. The number of aryl methyl sites for hydroxylation is 2. The van der Waals surface area contributed by atoms with Gasteiger partial charge >= 0.3 is 0 Å². The van der Waals surface area contributed by atoms with Crippen molar-refractivity contribution in [2.24, 2.45) is 0 Å². The number of halogens is 1. The standard InChI is InChI=1S/C12H11BrN2/c1-8-5-10(13)3-4-11(8)12-6-9(2)14-7-15-12/h3-7H,1-2H3. The maximum atomic E-state index is 4.27. The SMILES string of the molecule is Cc1cc(-c2ccc(Br)cc2C)ncn1. The molecular formula is C12H11BrN2. The van der Waals surface area contributed by atoms with Gasteiger partial charge in [-0.1, -0.05) is 22.0 Å². The van der Waals surface area contributed by atoms with Gasteiger partial charge < -0.3 is 0 Å². The molecule has 0 spiro atoms. The lowest BCUT2D eigenvalue weighted by molar-refractivity contribution is 1.10. The summed E-state index contributed by atoms with van der Waals surface area (Å²) in [6, 6.07) is 8.18. The average molecular weight is 263 g/mol. The van der Waals surface area contributed by atoms with Crippen molar-refractivity contribution in [3.05, 3.63) is 46.3 Å². The van der Waals surface area contributed by atoms with Gasteiger partial charge in [0.05, 0.1) is 5.69 Å². The number of rotatable bonds is 1. The van der Waals surface area contributed by atoms with Crippen LogP contribution in [0.2, 0.25) is 0 Å². The molecule has 0 radical (unpaired) electrons. The monoisotopic (exact) mass is 262 g/mol. The minimum Gasteiger partial charge on any atom is -0.242 e. The van der Waals surface area contributed by atoms with Gasteiger partial charge in [-0.3, -0.25) is 0 Å². The topological polar surface area (TPSA) is 25.8 Å². The van der Waals surface area contributed by atoms with Crippen LogP contribution in [-0.4, -0.2) is 9.97 Å². The molecule has 15 heavy (non-hydrogen) atoms. The van der Waals surface area contributed by atoms with Crippen LogP contribution >= 0.6 is 15.9 Å².